The molecule has 1 heterocycles. The Balaban J connectivity index is 1.66. The van der Waals surface area contributed by atoms with Gasteiger partial charge < -0.3 is 20.5 Å². The second-order valence-electron chi connectivity index (χ2n) is 9.40. The molecule has 0 spiro atoms. The van der Waals surface area contributed by atoms with Crippen molar-refractivity contribution in [1.29, 1.82) is 0 Å². The number of rotatable bonds is 12. The average Bonchev–Trinajstić information content (AvgIpc) is 2.90. The molecular formula is C29H31ClF3N3O4. The second-order valence-corrected chi connectivity index (χ2v) is 9.81. The van der Waals surface area contributed by atoms with Crippen LogP contribution in [-0.4, -0.2) is 41.2 Å². The maximum absolute atomic E-state index is 13.0. The van der Waals surface area contributed by atoms with Gasteiger partial charge in [0.15, 0.2) is 0 Å². The van der Waals surface area contributed by atoms with Crippen LogP contribution >= 0.6 is 11.6 Å². The molecule has 3 aromatic rings. The van der Waals surface area contributed by atoms with Gasteiger partial charge in [-0.2, -0.15) is 13.2 Å². The van der Waals surface area contributed by atoms with Crippen molar-refractivity contribution in [3.8, 4) is 17.0 Å². The topological polar surface area (TPSA) is 101 Å². The number of ether oxygens (including phenoxy) is 1. The van der Waals surface area contributed by atoms with Crippen LogP contribution in [0.25, 0.3) is 11.1 Å². The highest BCUT2D eigenvalue weighted by molar-refractivity contribution is 6.33. The summed E-state index contributed by atoms with van der Waals surface area (Å²) in [5.41, 5.74) is 2.00. The lowest BCUT2D eigenvalue weighted by molar-refractivity contribution is -0.138. The van der Waals surface area contributed by atoms with Crippen LogP contribution in [0.15, 0.2) is 54.6 Å². The van der Waals surface area contributed by atoms with E-state index in [1.54, 1.807) is 43.3 Å². The Morgan fingerprint density at radius 3 is 2.33 bits per heavy atom. The average molecular weight is 578 g/mol. The van der Waals surface area contributed by atoms with Gasteiger partial charge in [0.2, 0.25) is 5.88 Å². The van der Waals surface area contributed by atoms with Gasteiger partial charge in [0.1, 0.15) is 6.61 Å². The molecule has 0 aliphatic heterocycles. The van der Waals surface area contributed by atoms with Crippen molar-refractivity contribution < 1.29 is 32.6 Å². The first kappa shape index (κ1) is 30.7. The zero-order valence-electron chi connectivity index (χ0n) is 22.3. The highest BCUT2D eigenvalue weighted by Crippen LogP contribution is 2.36. The van der Waals surface area contributed by atoms with Crippen LogP contribution in [0.5, 0.6) is 5.88 Å². The molecule has 0 bridgehead atoms. The lowest BCUT2D eigenvalue weighted by Crippen LogP contribution is -2.33. The van der Waals surface area contributed by atoms with Crippen molar-refractivity contribution in [2.45, 2.75) is 45.8 Å². The number of carbonyl (C=O) groups is 2. The minimum atomic E-state index is -4.48. The van der Waals surface area contributed by atoms with Crippen LogP contribution in [-0.2, 0) is 11.0 Å². The van der Waals surface area contributed by atoms with Crippen LogP contribution in [0.1, 0.15) is 48.3 Å². The number of alkyl halides is 3. The molecule has 0 aliphatic rings. The van der Waals surface area contributed by atoms with Crippen molar-refractivity contribution >= 4 is 29.2 Å². The third-order valence-corrected chi connectivity index (χ3v) is 6.82. The monoisotopic (exact) mass is 577 g/mol. The van der Waals surface area contributed by atoms with E-state index in [1.165, 1.54) is 6.07 Å². The van der Waals surface area contributed by atoms with E-state index >= 15 is 0 Å². The number of carbonyl (C=O) groups excluding carboxylic acids is 1. The van der Waals surface area contributed by atoms with Crippen LogP contribution < -0.4 is 15.4 Å². The molecule has 0 aliphatic carbocycles. The molecule has 0 unspecified atom stereocenters. The lowest BCUT2D eigenvalue weighted by atomic mass is 9.99. The highest BCUT2D eigenvalue weighted by atomic mass is 35.5. The quantitative estimate of drug-likeness (QED) is 0.218. The van der Waals surface area contributed by atoms with Crippen molar-refractivity contribution in [2.24, 2.45) is 5.92 Å². The van der Waals surface area contributed by atoms with E-state index in [-0.39, 0.29) is 35.9 Å². The van der Waals surface area contributed by atoms with E-state index in [9.17, 15) is 22.8 Å². The normalized spacial score (nSPS) is 12.9. The van der Waals surface area contributed by atoms with Gasteiger partial charge in [-0.3, -0.25) is 9.59 Å². The van der Waals surface area contributed by atoms with Gasteiger partial charge >= 0.3 is 12.1 Å². The minimum absolute atomic E-state index is 0.0156. The molecule has 0 fully saturated rings. The number of aliphatic carboxylic acids is 1. The zero-order chi connectivity index (χ0) is 29.4. The van der Waals surface area contributed by atoms with E-state index in [2.05, 4.69) is 29.5 Å². The number of nitrogens with one attached hydrogen (secondary N) is 2. The Bertz CT molecular complexity index is 1330. The molecule has 40 heavy (non-hydrogen) atoms. The van der Waals surface area contributed by atoms with E-state index in [1.807, 2.05) is 0 Å². The Morgan fingerprint density at radius 1 is 1.07 bits per heavy atom. The van der Waals surface area contributed by atoms with Crippen LogP contribution in [0.4, 0.5) is 18.9 Å². The standard InChI is InChI=1S/C29H31ClF3N3O4/c1-4-17(2)25(36-21-8-5-19(6-9-21)28(39)34-14-13-27(37)38)16-40-26-12-11-22(18(3)35-26)23-10-7-20(15-24(23)30)29(31,32)33/h5-12,15,17,25,36H,4,13-14,16H2,1-3H3,(H,34,39)(H,37,38)/t17-,25+/m0/s1. The summed E-state index contributed by atoms with van der Waals surface area (Å²) in [6.45, 7) is 6.22. The van der Waals surface area contributed by atoms with Gasteiger partial charge in [-0.25, -0.2) is 4.98 Å². The number of aryl methyl sites for hydroxylation is 1. The Morgan fingerprint density at radius 2 is 1.75 bits per heavy atom. The zero-order valence-corrected chi connectivity index (χ0v) is 23.1. The Labute approximate surface area is 235 Å². The number of aromatic nitrogens is 1. The number of hydrogen-bond acceptors (Lipinski definition) is 5. The number of benzene rings is 2. The van der Waals surface area contributed by atoms with Crippen molar-refractivity contribution in [1.82, 2.24) is 10.3 Å². The van der Waals surface area contributed by atoms with Crippen LogP contribution in [0.3, 0.4) is 0 Å². The van der Waals surface area contributed by atoms with Crippen LogP contribution in [0.2, 0.25) is 5.02 Å². The first-order valence-electron chi connectivity index (χ1n) is 12.7. The molecule has 0 saturated heterocycles. The maximum Gasteiger partial charge on any atom is 0.416 e. The second kappa shape index (κ2) is 13.5. The maximum atomic E-state index is 13.0. The largest absolute Gasteiger partial charge is 0.481 e. The van der Waals surface area contributed by atoms with Gasteiger partial charge in [0.05, 0.1) is 18.0 Å². The number of carboxylic acid groups (broad SMARTS) is 1. The van der Waals surface area contributed by atoms with Crippen molar-refractivity contribution in [2.75, 3.05) is 18.5 Å². The summed E-state index contributed by atoms with van der Waals surface area (Å²) in [7, 11) is 0. The summed E-state index contributed by atoms with van der Waals surface area (Å²) < 4.78 is 45.0. The smallest absolute Gasteiger partial charge is 0.416 e. The molecule has 11 heteroatoms. The summed E-state index contributed by atoms with van der Waals surface area (Å²) in [6.07, 6.45) is -3.75. The van der Waals surface area contributed by atoms with E-state index < -0.39 is 17.7 Å². The van der Waals surface area contributed by atoms with Gasteiger partial charge in [-0.05, 0) is 55.3 Å². The van der Waals surface area contributed by atoms with E-state index in [4.69, 9.17) is 21.4 Å². The Hall–Kier alpha value is -3.79. The molecule has 0 radical (unpaired) electrons. The third kappa shape index (κ3) is 8.35. The molecule has 1 aromatic heterocycles. The van der Waals surface area contributed by atoms with Gasteiger partial charge in [0, 0.05) is 45.7 Å². The summed E-state index contributed by atoms with van der Waals surface area (Å²) in [4.78, 5) is 27.3. The number of carboxylic acids is 1. The number of amides is 1. The summed E-state index contributed by atoms with van der Waals surface area (Å²) in [6, 6.07) is 13.4. The molecule has 2 aromatic carbocycles. The molecule has 3 N–H and O–H groups in total. The van der Waals surface area contributed by atoms with Crippen LogP contribution in [0, 0.1) is 12.8 Å². The number of halogens is 4. The van der Waals surface area contributed by atoms with E-state index in [0.29, 0.717) is 34.9 Å². The third-order valence-electron chi connectivity index (χ3n) is 6.51. The molecule has 0 saturated carbocycles. The summed E-state index contributed by atoms with van der Waals surface area (Å²) in [5.74, 6) is -0.738. The first-order chi connectivity index (χ1) is 18.9. The number of nitrogens with zero attached hydrogens (tertiary/aromatic N) is 1. The fraction of sp³-hybridized carbons (Fsp3) is 0.345. The molecule has 2 atom stereocenters. The van der Waals surface area contributed by atoms with Gasteiger partial charge in [-0.15, -0.1) is 0 Å². The van der Waals surface area contributed by atoms with Gasteiger partial charge in [0.25, 0.3) is 5.91 Å². The Kier molecular flexibility index (Phi) is 10.4. The fourth-order valence-corrected chi connectivity index (χ4v) is 4.22. The number of anilines is 1. The van der Waals surface area contributed by atoms with Crippen molar-refractivity contribution in [3.05, 3.63) is 76.4 Å². The summed E-state index contributed by atoms with van der Waals surface area (Å²) >= 11 is 6.16. The summed E-state index contributed by atoms with van der Waals surface area (Å²) in [5, 5.41) is 14.7. The van der Waals surface area contributed by atoms with Crippen molar-refractivity contribution in [3.63, 3.8) is 0 Å². The molecular weight excluding hydrogens is 547 g/mol. The fourth-order valence-electron chi connectivity index (χ4n) is 3.94. The predicted octanol–water partition coefficient (Wildman–Crippen LogP) is 6.84. The molecule has 214 valence electrons. The number of hydrogen-bond donors (Lipinski definition) is 3. The molecule has 3 rings (SSSR count). The number of pyridine rings is 1. The SMILES string of the molecule is CC[C@H](C)[C@@H](COc1ccc(-c2ccc(C(F)(F)F)cc2Cl)c(C)n1)Nc1ccc(C(=O)NCCC(=O)O)cc1. The highest BCUT2D eigenvalue weighted by Gasteiger charge is 2.31. The van der Waals surface area contributed by atoms with Gasteiger partial charge in [-0.1, -0.05) is 37.9 Å². The molecule has 7 nitrogen and oxygen atoms in total. The minimum Gasteiger partial charge on any atom is -0.481 e. The lowest BCUT2D eigenvalue weighted by Gasteiger charge is -2.25. The first-order valence-corrected chi connectivity index (χ1v) is 13.1. The molecule has 1 amide bonds. The van der Waals surface area contributed by atoms with E-state index in [0.717, 1.165) is 24.2 Å². The predicted molar refractivity (Wildman–Crippen MR) is 148 cm³/mol.